The molecule has 7 heteroatoms. The fourth-order valence-corrected chi connectivity index (χ4v) is 4.84. The first kappa shape index (κ1) is 19.8. The standard InChI is InChI=1S/C22H24FN3O2S/c23-17-6-2-4-8-19(17)25-11-13-26(14-12-25)21(27)15-29-20-10-9-16-5-1-3-7-18(16)24-22(20)28/h1-8,20H,9-15H2,(H,24,28)/t20-/m0/s1. The minimum absolute atomic E-state index is 0.0304. The van der Waals surface area contributed by atoms with Gasteiger partial charge in [-0.15, -0.1) is 11.8 Å². The van der Waals surface area contributed by atoms with Gasteiger partial charge >= 0.3 is 0 Å². The van der Waals surface area contributed by atoms with E-state index in [1.165, 1.54) is 17.8 Å². The van der Waals surface area contributed by atoms with Crippen LogP contribution in [0.15, 0.2) is 48.5 Å². The van der Waals surface area contributed by atoms with E-state index in [4.69, 9.17) is 0 Å². The minimum atomic E-state index is -0.233. The summed E-state index contributed by atoms with van der Waals surface area (Å²) < 4.78 is 14.0. The van der Waals surface area contributed by atoms with Crippen LogP contribution in [0.2, 0.25) is 0 Å². The molecule has 0 radical (unpaired) electrons. The lowest BCUT2D eigenvalue weighted by Gasteiger charge is -2.36. The Hall–Kier alpha value is -2.54. The first-order valence-electron chi connectivity index (χ1n) is 9.89. The molecule has 29 heavy (non-hydrogen) atoms. The highest BCUT2D eigenvalue weighted by Gasteiger charge is 2.27. The number of halogens is 1. The van der Waals surface area contributed by atoms with Crippen molar-refractivity contribution in [1.29, 1.82) is 0 Å². The summed E-state index contributed by atoms with van der Waals surface area (Å²) in [6, 6.07) is 14.6. The zero-order valence-electron chi connectivity index (χ0n) is 16.1. The van der Waals surface area contributed by atoms with Crippen molar-refractivity contribution in [2.75, 3.05) is 42.1 Å². The molecular formula is C22H24FN3O2S. The molecule has 2 aliphatic rings. The quantitative estimate of drug-likeness (QED) is 0.837. The Kier molecular flexibility index (Phi) is 6.04. The molecule has 4 rings (SSSR count). The van der Waals surface area contributed by atoms with Gasteiger partial charge in [-0.3, -0.25) is 9.59 Å². The summed E-state index contributed by atoms with van der Waals surface area (Å²) in [4.78, 5) is 28.9. The van der Waals surface area contributed by atoms with Gasteiger partial charge < -0.3 is 15.1 Å². The van der Waals surface area contributed by atoms with E-state index in [1.54, 1.807) is 12.1 Å². The molecule has 2 aromatic rings. The van der Waals surface area contributed by atoms with E-state index in [0.717, 1.165) is 24.1 Å². The Bertz CT molecular complexity index is 899. The number of benzene rings is 2. The molecule has 1 atom stereocenters. The topological polar surface area (TPSA) is 52.7 Å². The summed E-state index contributed by atoms with van der Waals surface area (Å²) in [5.41, 5.74) is 2.60. The molecule has 0 bridgehead atoms. The van der Waals surface area contributed by atoms with Gasteiger partial charge in [0.2, 0.25) is 11.8 Å². The number of aryl methyl sites for hydroxylation is 1. The second-order valence-electron chi connectivity index (χ2n) is 7.30. The third-order valence-corrected chi connectivity index (χ3v) is 6.74. The van der Waals surface area contributed by atoms with Gasteiger partial charge in [-0.05, 0) is 36.6 Å². The lowest BCUT2D eigenvalue weighted by atomic mass is 10.1. The zero-order valence-corrected chi connectivity index (χ0v) is 17.0. The molecular weight excluding hydrogens is 389 g/mol. The van der Waals surface area contributed by atoms with E-state index >= 15 is 0 Å². The van der Waals surface area contributed by atoms with Gasteiger partial charge in [-0.2, -0.15) is 0 Å². The van der Waals surface area contributed by atoms with Gasteiger partial charge in [0.25, 0.3) is 0 Å². The first-order valence-corrected chi connectivity index (χ1v) is 10.9. The van der Waals surface area contributed by atoms with E-state index in [0.29, 0.717) is 31.9 Å². The second kappa shape index (κ2) is 8.86. The number of fused-ring (bicyclic) bond motifs is 1. The van der Waals surface area contributed by atoms with Gasteiger partial charge in [-0.1, -0.05) is 30.3 Å². The summed E-state index contributed by atoms with van der Waals surface area (Å²) in [6.45, 7) is 2.35. The van der Waals surface area contributed by atoms with Crippen LogP contribution >= 0.6 is 11.8 Å². The van der Waals surface area contributed by atoms with Gasteiger partial charge in [0.1, 0.15) is 5.82 Å². The van der Waals surface area contributed by atoms with E-state index in [1.807, 2.05) is 40.1 Å². The number of carbonyl (C=O) groups is 2. The third kappa shape index (κ3) is 4.56. The highest BCUT2D eigenvalue weighted by Crippen LogP contribution is 2.27. The lowest BCUT2D eigenvalue weighted by Crippen LogP contribution is -2.49. The van der Waals surface area contributed by atoms with Crippen molar-refractivity contribution in [3.63, 3.8) is 0 Å². The molecule has 0 aromatic heterocycles. The van der Waals surface area contributed by atoms with Crippen LogP contribution in [0.25, 0.3) is 0 Å². The van der Waals surface area contributed by atoms with Gasteiger partial charge in [0.15, 0.2) is 0 Å². The van der Waals surface area contributed by atoms with Crippen LogP contribution in [0.3, 0.4) is 0 Å². The largest absolute Gasteiger partial charge is 0.366 e. The average molecular weight is 414 g/mol. The second-order valence-corrected chi connectivity index (χ2v) is 8.50. The average Bonchev–Trinajstić information content (AvgIpc) is 2.90. The number of para-hydroxylation sites is 2. The van der Waals surface area contributed by atoms with Crippen molar-refractivity contribution in [3.8, 4) is 0 Å². The normalized spacial score (nSPS) is 19.3. The zero-order chi connectivity index (χ0) is 20.2. The number of hydrogen-bond acceptors (Lipinski definition) is 4. The van der Waals surface area contributed by atoms with Crippen molar-refractivity contribution in [2.24, 2.45) is 0 Å². The van der Waals surface area contributed by atoms with Crippen molar-refractivity contribution < 1.29 is 14.0 Å². The van der Waals surface area contributed by atoms with Crippen LogP contribution in [0.4, 0.5) is 15.8 Å². The maximum atomic E-state index is 14.0. The predicted octanol–water partition coefficient (Wildman–Crippen LogP) is 3.16. The van der Waals surface area contributed by atoms with Crippen LogP contribution in [0, 0.1) is 5.82 Å². The number of piperazine rings is 1. The van der Waals surface area contributed by atoms with Crippen molar-refractivity contribution in [1.82, 2.24) is 4.90 Å². The van der Waals surface area contributed by atoms with E-state index in [9.17, 15) is 14.0 Å². The van der Waals surface area contributed by atoms with Crippen molar-refractivity contribution in [2.45, 2.75) is 18.1 Å². The summed E-state index contributed by atoms with van der Waals surface area (Å²) in [5, 5.41) is 2.75. The Labute approximate surface area is 174 Å². The molecule has 152 valence electrons. The monoisotopic (exact) mass is 413 g/mol. The first-order chi connectivity index (χ1) is 14.1. The molecule has 2 heterocycles. The van der Waals surface area contributed by atoms with E-state index in [2.05, 4.69) is 5.32 Å². The maximum absolute atomic E-state index is 14.0. The number of amides is 2. The number of hydrogen-bond donors (Lipinski definition) is 1. The number of nitrogens with one attached hydrogen (secondary N) is 1. The number of anilines is 2. The molecule has 2 aromatic carbocycles. The fourth-order valence-electron chi connectivity index (χ4n) is 3.82. The molecule has 5 nitrogen and oxygen atoms in total. The molecule has 1 fully saturated rings. The summed E-state index contributed by atoms with van der Waals surface area (Å²) in [7, 11) is 0. The highest BCUT2D eigenvalue weighted by atomic mass is 32.2. The molecule has 1 N–H and O–H groups in total. The minimum Gasteiger partial charge on any atom is -0.366 e. The Balaban J connectivity index is 1.27. The Morgan fingerprint density at radius 1 is 1.07 bits per heavy atom. The molecule has 0 unspecified atom stereocenters. The summed E-state index contributed by atoms with van der Waals surface area (Å²) in [5.74, 6) is 0.0618. The summed E-state index contributed by atoms with van der Waals surface area (Å²) >= 11 is 1.41. The third-order valence-electron chi connectivity index (χ3n) is 5.48. The molecule has 1 saturated heterocycles. The molecule has 2 amide bonds. The van der Waals surface area contributed by atoms with Gasteiger partial charge in [-0.25, -0.2) is 4.39 Å². The molecule has 0 saturated carbocycles. The SMILES string of the molecule is O=C1Nc2ccccc2CC[C@@H]1SCC(=O)N1CCN(c2ccccc2F)CC1. The number of carbonyl (C=O) groups excluding carboxylic acids is 2. The molecule has 0 aliphatic carbocycles. The maximum Gasteiger partial charge on any atom is 0.237 e. The van der Waals surface area contributed by atoms with Crippen LogP contribution in [-0.4, -0.2) is 53.9 Å². The molecule has 0 spiro atoms. The van der Waals surface area contributed by atoms with E-state index < -0.39 is 0 Å². The Morgan fingerprint density at radius 3 is 2.59 bits per heavy atom. The highest BCUT2D eigenvalue weighted by molar-refractivity contribution is 8.01. The summed E-state index contributed by atoms with van der Waals surface area (Å²) in [6.07, 6.45) is 1.55. The van der Waals surface area contributed by atoms with Gasteiger partial charge in [0, 0.05) is 31.9 Å². The van der Waals surface area contributed by atoms with Crippen LogP contribution in [-0.2, 0) is 16.0 Å². The Morgan fingerprint density at radius 2 is 1.79 bits per heavy atom. The fraction of sp³-hybridized carbons (Fsp3) is 0.364. The molecule has 2 aliphatic heterocycles. The predicted molar refractivity (Wildman–Crippen MR) is 115 cm³/mol. The number of nitrogens with zero attached hydrogens (tertiary/aromatic N) is 2. The van der Waals surface area contributed by atoms with Crippen molar-refractivity contribution >= 4 is 35.0 Å². The number of thioether (sulfide) groups is 1. The van der Waals surface area contributed by atoms with Gasteiger partial charge in [0.05, 0.1) is 16.7 Å². The van der Waals surface area contributed by atoms with Crippen LogP contribution in [0.1, 0.15) is 12.0 Å². The van der Waals surface area contributed by atoms with Crippen molar-refractivity contribution in [3.05, 3.63) is 59.9 Å². The van der Waals surface area contributed by atoms with E-state index in [-0.39, 0.29) is 28.6 Å². The number of rotatable bonds is 4. The van der Waals surface area contributed by atoms with Crippen LogP contribution < -0.4 is 10.2 Å². The smallest absolute Gasteiger partial charge is 0.237 e. The lowest BCUT2D eigenvalue weighted by molar-refractivity contribution is -0.128. The van der Waals surface area contributed by atoms with Crippen LogP contribution in [0.5, 0.6) is 0 Å².